The van der Waals surface area contributed by atoms with Gasteiger partial charge in [0.15, 0.2) is 5.69 Å². The molecule has 164 valence electrons. The van der Waals surface area contributed by atoms with Gasteiger partial charge in [-0.25, -0.2) is 4.98 Å². The Labute approximate surface area is 184 Å². The summed E-state index contributed by atoms with van der Waals surface area (Å²) in [6.07, 6.45) is 1.43. The molecule has 0 aliphatic carbocycles. The Hall–Kier alpha value is -3.12. The Morgan fingerprint density at radius 1 is 1.03 bits per heavy atom. The highest BCUT2D eigenvalue weighted by Gasteiger charge is 2.16. The number of carbonyl (C=O) groups is 1. The maximum atomic E-state index is 12.3. The highest BCUT2D eigenvalue weighted by Crippen LogP contribution is 2.17. The van der Waals surface area contributed by atoms with Crippen molar-refractivity contribution in [2.24, 2.45) is 5.92 Å². The van der Waals surface area contributed by atoms with E-state index in [2.05, 4.69) is 53.3 Å². The summed E-state index contributed by atoms with van der Waals surface area (Å²) < 4.78 is 11.2. The zero-order chi connectivity index (χ0) is 22.1. The van der Waals surface area contributed by atoms with E-state index < -0.39 is 0 Å². The van der Waals surface area contributed by atoms with Gasteiger partial charge in [0, 0.05) is 19.6 Å². The number of rotatable bonds is 11. The molecule has 1 amide bonds. The quantitative estimate of drug-likeness (QED) is 0.488. The predicted molar refractivity (Wildman–Crippen MR) is 121 cm³/mol. The van der Waals surface area contributed by atoms with E-state index in [1.54, 1.807) is 0 Å². The van der Waals surface area contributed by atoms with Crippen molar-refractivity contribution in [3.63, 3.8) is 0 Å². The van der Waals surface area contributed by atoms with Crippen LogP contribution in [0.25, 0.3) is 0 Å². The number of amides is 1. The molecular weight excluding hydrogens is 390 g/mol. The third-order valence-corrected chi connectivity index (χ3v) is 4.70. The summed E-state index contributed by atoms with van der Waals surface area (Å²) in [6.45, 7) is 9.30. The van der Waals surface area contributed by atoms with Gasteiger partial charge >= 0.3 is 0 Å². The molecule has 0 saturated heterocycles. The van der Waals surface area contributed by atoms with E-state index in [1.807, 2.05) is 37.3 Å². The van der Waals surface area contributed by atoms with E-state index in [1.165, 1.54) is 17.4 Å². The van der Waals surface area contributed by atoms with Crippen LogP contribution in [0, 0.1) is 5.92 Å². The van der Waals surface area contributed by atoms with Gasteiger partial charge in [0.2, 0.25) is 5.89 Å². The standard InChI is InChI=1S/C25H31N3O3/c1-4-30-22-12-10-21(11-13-22)16-28(15-20-8-6-5-7-9-20)17-24-27-23(18-31-24)25(29)26-14-19(2)3/h5-13,18-19H,4,14-17H2,1-3H3,(H,26,29). The number of ether oxygens (including phenoxy) is 1. The molecule has 1 N–H and O–H groups in total. The number of nitrogens with one attached hydrogen (secondary N) is 1. The van der Waals surface area contributed by atoms with Crippen molar-refractivity contribution in [2.75, 3.05) is 13.2 Å². The number of oxazole rings is 1. The van der Waals surface area contributed by atoms with Crippen molar-refractivity contribution in [3.8, 4) is 5.75 Å². The minimum Gasteiger partial charge on any atom is -0.494 e. The number of benzene rings is 2. The van der Waals surface area contributed by atoms with Crippen molar-refractivity contribution in [1.29, 1.82) is 0 Å². The first-order valence-electron chi connectivity index (χ1n) is 10.7. The van der Waals surface area contributed by atoms with Gasteiger partial charge in [-0.2, -0.15) is 0 Å². The largest absolute Gasteiger partial charge is 0.494 e. The molecule has 6 nitrogen and oxygen atoms in total. The van der Waals surface area contributed by atoms with E-state index in [-0.39, 0.29) is 5.91 Å². The average molecular weight is 422 g/mol. The topological polar surface area (TPSA) is 67.6 Å². The van der Waals surface area contributed by atoms with E-state index in [0.717, 1.165) is 18.8 Å². The van der Waals surface area contributed by atoms with Crippen LogP contribution in [-0.4, -0.2) is 28.9 Å². The van der Waals surface area contributed by atoms with Crippen LogP contribution in [0.5, 0.6) is 5.75 Å². The maximum absolute atomic E-state index is 12.3. The average Bonchev–Trinajstić information content (AvgIpc) is 3.23. The molecule has 1 heterocycles. The van der Waals surface area contributed by atoms with E-state index in [4.69, 9.17) is 9.15 Å². The molecule has 31 heavy (non-hydrogen) atoms. The van der Waals surface area contributed by atoms with Gasteiger partial charge in [-0.1, -0.05) is 56.3 Å². The van der Waals surface area contributed by atoms with Gasteiger partial charge in [0.1, 0.15) is 12.0 Å². The molecule has 3 aromatic rings. The number of carbonyl (C=O) groups excluding carboxylic acids is 1. The predicted octanol–water partition coefficient (Wildman–Crippen LogP) is 4.66. The first-order valence-corrected chi connectivity index (χ1v) is 10.7. The van der Waals surface area contributed by atoms with Crippen LogP contribution in [0.1, 0.15) is 48.3 Å². The fourth-order valence-corrected chi connectivity index (χ4v) is 3.19. The molecule has 0 aliphatic rings. The first kappa shape index (κ1) is 22.6. The van der Waals surface area contributed by atoms with Gasteiger partial charge < -0.3 is 14.5 Å². The number of aromatic nitrogens is 1. The summed E-state index contributed by atoms with van der Waals surface area (Å²) in [6, 6.07) is 18.4. The van der Waals surface area contributed by atoms with Crippen LogP contribution in [0.3, 0.4) is 0 Å². The van der Waals surface area contributed by atoms with Crippen molar-refractivity contribution >= 4 is 5.91 Å². The van der Waals surface area contributed by atoms with E-state index >= 15 is 0 Å². The fourth-order valence-electron chi connectivity index (χ4n) is 3.19. The van der Waals surface area contributed by atoms with Crippen molar-refractivity contribution in [3.05, 3.63) is 83.6 Å². The summed E-state index contributed by atoms with van der Waals surface area (Å²) in [5.74, 6) is 1.57. The lowest BCUT2D eigenvalue weighted by molar-refractivity contribution is 0.0944. The summed E-state index contributed by atoms with van der Waals surface area (Å²) in [5.41, 5.74) is 2.69. The zero-order valence-electron chi connectivity index (χ0n) is 18.5. The second kappa shape index (κ2) is 11.3. The van der Waals surface area contributed by atoms with Gasteiger partial charge in [0.25, 0.3) is 5.91 Å². The minimum atomic E-state index is -0.204. The molecular formula is C25H31N3O3. The SMILES string of the molecule is CCOc1ccc(CN(Cc2ccccc2)Cc2nc(C(=O)NCC(C)C)co2)cc1. The second-order valence-electron chi connectivity index (χ2n) is 7.94. The highest BCUT2D eigenvalue weighted by molar-refractivity contribution is 5.91. The van der Waals surface area contributed by atoms with Crippen LogP contribution < -0.4 is 10.1 Å². The minimum absolute atomic E-state index is 0.204. The van der Waals surface area contributed by atoms with Crippen LogP contribution in [0.4, 0.5) is 0 Å². The molecule has 0 spiro atoms. The summed E-state index contributed by atoms with van der Waals surface area (Å²) in [4.78, 5) is 18.9. The van der Waals surface area contributed by atoms with Crippen LogP contribution in [-0.2, 0) is 19.6 Å². The van der Waals surface area contributed by atoms with E-state index in [9.17, 15) is 4.79 Å². The van der Waals surface area contributed by atoms with Crippen LogP contribution in [0.2, 0.25) is 0 Å². The molecule has 0 atom stereocenters. The maximum Gasteiger partial charge on any atom is 0.273 e. The van der Waals surface area contributed by atoms with Gasteiger partial charge in [-0.05, 0) is 36.1 Å². The fraction of sp³-hybridized carbons (Fsp3) is 0.360. The van der Waals surface area contributed by atoms with E-state index in [0.29, 0.717) is 37.2 Å². The number of nitrogens with zero attached hydrogens (tertiary/aromatic N) is 2. The Morgan fingerprint density at radius 2 is 1.71 bits per heavy atom. The van der Waals surface area contributed by atoms with Crippen molar-refractivity contribution in [2.45, 2.75) is 40.4 Å². The third kappa shape index (κ3) is 7.26. The Morgan fingerprint density at radius 3 is 2.35 bits per heavy atom. The Balaban J connectivity index is 1.70. The zero-order valence-corrected chi connectivity index (χ0v) is 18.5. The smallest absolute Gasteiger partial charge is 0.273 e. The summed E-state index contributed by atoms with van der Waals surface area (Å²) in [5, 5.41) is 2.87. The van der Waals surface area contributed by atoms with Crippen molar-refractivity contribution in [1.82, 2.24) is 15.2 Å². The van der Waals surface area contributed by atoms with Gasteiger partial charge in [-0.3, -0.25) is 9.69 Å². The Bertz CT molecular complexity index is 936. The number of hydrogen-bond acceptors (Lipinski definition) is 5. The summed E-state index contributed by atoms with van der Waals surface area (Å²) >= 11 is 0. The molecule has 0 unspecified atom stereocenters. The molecule has 1 aromatic heterocycles. The Kier molecular flexibility index (Phi) is 8.24. The summed E-state index contributed by atoms with van der Waals surface area (Å²) in [7, 11) is 0. The monoisotopic (exact) mass is 421 g/mol. The second-order valence-corrected chi connectivity index (χ2v) is 7.94. The molecule has 2 aromatic carbocycles. The van der Waals surface area contributed by atoms with Crippen molar-refractivity contribution < 1.29 is 13.9 Å². The molecule has 0 radical (unpaired) electrons. The third-order valence-electron chi connectivity index (χ3n) is 4.70. The lowest BCUT2D eigenvalue weighted by Gasteiger charge is -2.21. The van der Waals surface area contributed by atoms with Gasteiger partial charge in [-0.15, -0.1) is 0 Å². The van der Waals surface area contributed by atoms with Crippen LogP contribution in [0.15, 0.2) is 65.3 Å². The lowest BCUT2D eigenvalue weighted by Crippen LogP contribution is -2.27. The molecule has 3 rings (SSSR count). The van der Waals surface area contributed by atoms with Gasteiger partial charge in [0.05, 0.1) is 13.2 Å². The normalized spacial score (nSPS) is 11.1. The molecule has 0 fully saturated rings. The first-order chi connectivity index (χ1) is 15.0. The molecule has 0 saturated carbocycles. The molecule has 0 aliphatic heterocycles. The highest BCUT2D eigenvalue weighted by atomic mass is 16.5. The van der Waals surface area contributed by atoms with Crippen LogP contribution >= 0.6 is 0 Å². The molecule has 0 bridgehead atoms. The lowest BCUT2D eigenvalue weighted by atomic mass is 10.1. The number of hydrogen-bond donors (Lipinski definition) is 1. The molecule has 6 heteroatoms.